The van der Waals surface area contributed by atoms with Crippen molar-refractivity contribution >= 4 is 11.6 Å². The topological polar surface area (TPSA) is 55.1 Å². The SMILES string of the molecule is CC(N)c1cccc(NC(=O)C(C)(C)c2ccccc2)c1. The number of amides is 1. The number of nitrogens with two attached hydrogens (primary N) is 1. The van der Waals surface area contributed by atoms with E-state index in [-0.39, 0.29) is 11.9 Å². The van der Waals surface area contributed by atoms with Gasteiger partial charge in [-0.25, -0.2) is 0 Å². The number of hydrogen-bond acceptors (Lipinski definition) is 2. The molecule has 3 heteroatoms. The first-order chi connectivity index (χ1) is 9.91. The summed E-state index contributed by atoms with van der Waals surface area (Å²) in [7, 11) is 0. The lowest BCUT2D eigenvalue weighted by Crippen LogP contribution is -2.34. The van der Waals surface area contributed by atoms with E-state index in [0.29, 0.717) is 0 Å². The van der Waals surface area contributed by atoms with E-state index < -0.39 is 5.41 Å². The highest BCUT2D eigenvalue weighted by molar-refractivity contribution is 5.98. The van der Waals surface area contributed by atoms with E-state index in [9.17, 15) is 4.79 Å². The lowest BCUT2D eigenvalue weighted by Gasteiger charge is -2.24. The molecular weight excluding hydrogens is 260 g/mol. The van der Waals surface area contributed by atoms with Gasteiger partial charge in [0, 0.05) is 11.7 Å². The van der Waals surface area contributed by atoms with Crippen LogP contribution in [0.25, 0.3) is 0 Å². The van der Waals surface area contributed by atoms with Gasteiger partial charge >= 0.3 is 0 Å². The zero-order valence-corrected chi connectivity index (χ0v) is 12.8. The normalized spacial score (nSPS) is 12.8. The minimum Gasteiger partial charge on any atom is -0.325 e. The summed E-state index contributed by atoms with van der Waals surface area (Å²) in [6, 6.07) is 17.4. The van der Waals surface area contributed by atoms with Crippen LogP contribution < -0.4 is 11.1 Å². The quantitative estimate of drug-likeness (QED) is 0.899. The summed E-state index contributed by atoms with van der Waals surface area (Å²) in [6.45, 7) is 5.77. The van der Waals surface area contributed by atoms with E-state index in [4.69, 9.17) is 5.73 Å². The molecule has 3 nitrogen and oxygen atoms in total. The van der Waals surface area contributed by atoms with Crippen LogP contribution >= 0.6 is 0 Å². The summed E-state index contributed by atoms with van der Waals surface area (Å²) >= 11 is 0. The fourth-order valence-electron chi connectivity index (χ4n) is 2.17. The second-order valence-electron chi connectivity index (χ2n) is 5.86. The number of anilines is 1. The molecule has 0 saturated carbocycles. The fourth-order valence-corrected chi connectivity index (χ4v) is 2.17. The molecule has 1 atom stereocenters. The van der Waals surface area contributed by atoms with Crippen molar-refractivity contribution in [3.63, 3.8) is 0 Å². The monoisotopic (exact) mass is 282 g/mol. The highest BCUT2D eigenvalue weighted by atomic mass is 16.2. The third-order valence-electron chi connectivity index (χ3n) is 3.73. The van der Waals surface area contributed by atoms with Gasteiger partial charge in [0.05, 0.1) is 5.41 Å². The molecule has 0 saturated heterocycles. The van der Waals surface area contributed by atoms with E-state index in [0.717, 1.165) is 16.8 Å². The van der Waals surface area contributed by atoms with Crippen molar-refractivity contribution in [1.82, 2.24) is 0 Å². The van der Waals surface area contributed by atoms with Gasteiger partial charge in [0.2, 0.25) is 5.91 Å². The van der Waals surface area contributed by atoms with E-state index in [2.05, 4.69) is 5.32 Å². The molecule has 0 aliphatic rings. The Kier molecular flexibility index (Phi) is 4.43. The zero-order chi connectivity index (χ0) is 15.5. The van der Waals surface area contributed by atoms with Gasteiger partial charge in [-0.05, 0) is 44.0 Å². The molecule has 0 radical (unpaired) electrons. The van der Waals surface area contributed by atoms with Gasteiger partial charge in [0.15, 0.2) is 0 Å². The average Bonchev–Trinajstić information content (AvgIpc) is 2.48. The molecule has 0 fully saturated rings. The summed E-state index contributed by atoms with van der Waals surface area (Å²) in [6.07, 6.45) is 0. The number of hydrogen-bond donors (Lipinski definition) is 2. The Bertz CT molecular complexity index is 618. The fraction of sp³-hybridized carbons (Fsp3) is 0.278. The Labute approximate surface area is 126 Å². The van der Waals surface area contributed by atoms with E-state index in [1.54, 1.807) is 0 Å². The Morgan fingerprint density at radius 3 is 2.38 bits per heavy atom. The van der Waals surface area contributed by atoms with Crippen molar-refractivity contribution in [1.29, 1.82) is 0 Å². The Balaban J connectivity index is 2.20. The molecule has 2 aromatic carbocycles. The van der Waals surface area contributed by atoms with Crippen LogP contribution in [0.3, 0.4) is 0 Å². The van der Waals surface area contributed by atoms with Crippen molar-refractivity contribution in [2.24, 2.45) is 5.73 Å². The summed E-state index contributed by atoms with van der Waals surface area (Å²) in [4.78, 5) is 12.6. The Hall–Kier alpha value is -2.13. The smallest absolute Gasteiger partial charge is 0.234 e. The van der Waals surface area contributed by atoms with Crippen LogP contribution in [0.4, 0.5) is 5.69 Å². The maximum Gasteiger partial charge on any atom is 0.234 e. The number of carbonyl (C=O) groups excluding carboxylic acids is 1. The average molecular weight is 282 g/mol. The third-order valence-corrected chi connectivity index (χ3v) is 3.73. The molecule has 1 amide bonds. The highest BCUT2D eigenvalue weighted by Gasteiger charge is 2.29. The Morgan fingerprint density at radius 1 is 1.10 bits per heavy atom. The molecule has 21 heavy (non-hydrogen) atoms. The van der Waals surface area contributed by atoms with Crippen LogP contribution in [0, 0.1) is 0 Å². The van der Waals surface area contributed by atoms with Crippen LogP contribution in [-0.2, 0) is 10.2 Å². The summed E-state index contributed by atoms with van der Waals surface area (Å²) in [5, 5.41) is 2.98. The largest absolute Gasteiger partial charge is 0.325 e. The number of benzene rings is 2. The van der Waals surface area contributed by atoms with Crippen molar-refractivity contribution in [3.05, 3.63) is 65.7 Å². The van der Waals surface area contributed by atoms with Gasteiger partial charge in [0.1, 0.15) is 0 Å². The molecule has 2 rings (SSSR count). The summed E-state index contributed by atoms with van der Waals surface area (Å²) in [5.74, 6) is -0.0319. The van der Waals surface area contributed by atoms with Gasteiger partial charge < -0.3 is 11.1 Å². The number of rotatable bonds is 4. The van der Waals surface area contributed by atoms with Gasteiger partial charge in [-0.3, -0.25) is 4.79 Å². The Morgan fingerprint density at radius 2 is 1.76 bits per heavy atom. The lowest BCUT2D eigenvalue weighted by atomic mass is 9.83. The third kappa shape index (κ3) is 3.50. The molecule has 0 bridgehead atoms. The maximum absolute atomic E-state index is 12.6. The van der Waals surface area contributed by atoms with Crippen molar-refractivity contribution < 1.29 is 4.79 Å². The molecule has 3 N–H and O–H groups in total. The van der Waals surface area contributed by atoms with Gasteiger partial charge in [-0.15, -0.1) is 0 Å². The molecule has 0 heterocycles. The van der Waals surface area contributed by atoms with Gasteiger partial charge in [-0.1, -0.05) is 42.5 Å². The van der Waals surface area contributed by atoms with Crippen LogP contribution in [0.2, 0.25) is 0 Å². The van der Waals surface area contributed by atoms with Crippen molar-refractivity contribution in [2.75, 3.05) is 5.32 Å². The van der Waals surface area contributed by atoms with Crippen molar-refractivity contribution in [3.8, 4) is 0 Å². The summed E-state index contributed by atoms with van der Waals surface area (Å²) in [5.41, 5.74) is 8.06. The van der Waals surface area contributed by atoms with Crippen molar-refractivity contribution in [2.45, 2.75) is 32.2 Å². The van der Waals surface area contributed by atoms with E-state index in [1.165, 1.54) is 0 Å². The second kappa shape index (κ2) is 6.10. The molecule has 1 unspecified atom stereocenters. The first kappa shape index (κ1) is 15.3. The first-order valence-corrected chi connectivity index (χ1v) is 7.14. The molecule has 2 aromatic rings. The highest BCUT2D eigenvalue weighted by Crippen LogP contribution is 2.25. The van der Waals surface area contributed by atoms with Crippen LogP contribution in [-0.4, -0.2) is 5.91 Å². The molecule has 0 aromatic heterocycles. The van der Waals surface area contributed by atoms with Crippen LogP contribution in [0.5, 0.6) is 0 Å². The second-order valence-corrected chi connectivity index (χ2v) is 5.86. The molecule has 110 valence electrons. The van der Waals surface area contributed by atoms with E-state index >= 15 is 0 Å². The minimum absolute atomic E-state index is 0.0319. The standard InChI is InChI=1S/C18H22N2O/c1-13(19)14-8-7-11-16(12-14)20-17(21)18(2,3)15-9-5-4-6-10-15/h4-13H,19H2,1-3H3,(H,20,21). The molecular formula is C18H22N2O. The predicted octanol–water partition coefficient (Wildman–Crippen LogP) is 3.62. The van der Waals surface area contributed by atoms with Gasteiger partial charge in [-0.2, -0.15) is 0 Å². The number of nitrogens with one attached hydrogen (secondary N) is 1. The molecule has 0 aliphatic carbocycles. The summed E-state index contributed by atoms with van der Waals surface area (Å²) < 4.78 is 0. The zero-order valence-electron chi connectivity index (χ0n) is 12.8. The maximum atomic E-state index is 12.6. The lowest BCUT2D eigenvalue weighted by molar-refractivity contribution is -0.120. The van der Waals surface area contributed by atoms with Gasteiger partial charge in [0.25, 0.3) is 0 Å². The minimum atomic E-state index is -0.592. The molecule has 0 spiro atoms. The van der Waals surface area contributed by atoms with Crippen LogP contribution in [0.1, 0.15) is 37.9 Å². The molecule has 0 aliphatic heterocycles. The number of carbonyl (C=O) groups is 1. The predicted molar refractivity (Wildman–Crippen MR) is 87.1 cm³/mol. The first-order valence-electron chi connectivity index (χ1n) is 7.14. The van der Waals surface area contributed by atoms with E-state index in [1.807, 2.05) is 75.4 Å². The van der Waals surface area contributed by atoms with Crippen LogP contribution in [0.15, 0.2) is 54.6 Å².